The third-order valence-electron chi connectivity index (χ3n) is 5.72. The van der Waals surface area contributed by atoms with Crippen molar-refractivity contribution in [3.63, 3.8) is 0 Å². The summed E-state index contributed by atoms with van der Waals surface area (Å²) in [5.41, 5.74) is 3.78. The van der Waals surface area contributed by atoms with Gasteiger partial charge >= 0.3 is 0 Å². The van der Waals surface area contributed by atoms with Gasteiger partial charge in [-0.3, -0.25) is 4.79 Å². The van der Waals surface area contributed by atoms with Crippen molar-refractivity contribution in [1.82, 2.24) is 19.0 Å². The predicted octanol–water partition coefficient (Wildman–Crippen LogP) is 2.56. The third-order valence-corrected chi connectivity index (χ3v) is 7.61. The van der Waals surface area contributed by atoms with Crippen molar-refractivity contribution in [2.75, 3.05) is 26.2 Å². The highest BCUT2D eigenvalue weighted by molar-refractivity contribution is 7.89. The summed E-state index contributed by atoms with van der Waals surface area (Å²) >= 11 is 0. The minimum absolute atomic E-state index is 0.0177. The number of benzene rings is 2. The summed E-state index contributed by atoms with van der Waals surface area (Å²) in [4.78, 5) is 14.8. The fourth-order valence-corrected chi connectivity index (χ4v) is 5.17. The van der Waals surface area contributed by atoms with Crippen LogP contribution in [0, 0.1) is 13.8 Å². The van der Waals surface area contributed by atoms with E-state index < -0.39 is 10.0 Å². The Kier molecular flexibility index (Phi) is 5.93. The van der Waals surface area contributed by atoms with Gasteiger partial charge in [0.2, 0.25) is 15.9 Å². The molecule has 0 aliphatic carbocycles. The number of piperazine rings is 1. The minimum Gasteiger partial charge on any atom is -0.340 e. The molecule has 1 saturated heterocycles. The molecule has 4 rings (SSSR count). The molecule has 162 valence electrons. The monoisotopic (exact) mass is 438 g/mol. The summed E-state index contributed by atoms with van der Waals surface area (Å²) < 4.78 is 29.1. The van der Waals surface area contributed by atoms with Gasteiger partial charge in [0, 0.05) is 32.4 Å². The van der Waals surface area contributed by atoms with Crippen molar-refractivity contribution in [2.45, 2.75) is 25.2 Å². The first-order chi connectivity index (χ1) is 14.8. The van der Waals surface area contributed by atoms with E-state index in [-0.39, 0.29) is 12.3 Å². The van der Waals surface area contributed by atoms with Crippen molar-refractivity contribution in [3.05, 3.63) is 77.6 Å². The summed E-state index contributed by atoms with van der Waals surface area (Å²) in [6.07, 6.45) is 3.80. The quantitative estimate of drug-likeness (QED) is 0.614. The zero-order valence-electron chi connectivity index (χ0n) is 17.7. The first-order valence-corrected chi connectivity index (χ1v) is 11.7. The maximum absolute atomic E-state index is 13.0. The Labute approximate surface area is 183 Å². The molecule has 3 aromatic rings. The third kappa shape index (κ3) is 4.55. The number of sulfonamides is 1. The number of aryl methyl sites for hydroxylation is 2. The Morgan fingerprint density at radius 2 is 1.68 bits per heavy atom. The summed E-state index contributed by atoms with van der Waals surface area (Å²) in [7, 11) is -3.55. The smallest absolute Gasteiger partial charge is 0.243 e. The van der Waals surface area contributed by atoms with Gasteiger partial charge in [0.1, 0.15) is 0 Å². The Hall–Kier alpha value is -2.97. The Morgan fingerprint density at radius 1 is 0.968 bits per heavy atom. The first kappa shape index (κ1) is 21.3. The zero-order valence-corrected chi connectivity index (χ0v) is 18.5. The lowest BCUT2D eigenvalue weighted by Gasteiger charge is -2.34. The molecule has 0 atom stereocenters. The standard InChI is InChI=1S/C23H26N4O3S/c1-18-8-9-22(14-19(18)2)31(29,30)26-12-10-25(11-13-26)23(28)15-20-16-24-27(17-20)21-6-4-3-5-7-21/h3-9,14,16-17H,10-13,15H2,1-2H3. The number of hydrogen-bond acceptors (Lipinski definition) is 4. The molecule has 0 radical (unpaired) electrons. The average Bonchev–Trinajstić information content (AvgIpc) is 3.24. The van der Waals surface area contributed by atoms with E-state index in [0.717, 1.165) is 22.4 Å². The molecule has 2 heterocycles. The van der Waals surface area contributed by atoms with Gasteiger partial charge < -0.3 is 4.90 Å². The molecule has 7 nitrogen and oxygen atoms in total. The van der Waals surface area contributed by atoms with Crippen LogP contribution in [0.3, 0.4) is 0 Å². The number of hydrogen-bond donors (Lipinski definition) is 0. The fraction of sp³-hybridized carbons (Fsp3) is 0.304. The van der Waals surface area contributed by atoms with E-state index in [4.69, 9.17) is 0 Å². The highest BCUT2D eigenvalue weighted by atomic mass is 32.2. The number of rotatable bonds is 5. The first-order valence-electron chi connectivity index (χ1n) is 10.3. The SMILES string of the molecule is Cc1ccc(S(=O)(=O)N2CCN(C(=O)Cc3cnn(-c4ccccc4)c3)CC2)cc1C. The number of aromatic nitrogens is 2. The molecular weight excluding hydrogens is 412 g/mol. The zero-order chi connectivity index (χ0) is 22.0. The van der Waals surface area contributed by atoms with E-state index in [2.05, 4.69) is 5.10 Å². The van der Waals surface area contributed by atoms with Crippen LogP contribution in [0.1, 0.15) is 16.7 Å². The van der Waals surface area contributed by atoms with Crippen LogP contribution in [0.5, 0.6) is 0 Å². The molecule has 8 heteroatoms. The van der Waals surface area contributed by atoms with Gasteiger partial charge in [0.05, 0.1) is 23.2 Å². The largest absolute Gasteiger partial charge is 0.340 e. The molecule has 1 aliphatic rings. The lowest BCUT2D eigenvalue weighted by molar-refractivity contribution is -0.131. The van der Waals surface area contributed by atoms with E-state index >= 15 is 0 Å². The van der Waals surface area contributed by atoms with Crippen molar-refractivity contribution >= 4 is 15.9 Å². The Balaban J connectivity index is 1.37. The van der Waals surface area contributed by atoms with Crippen LogP contribution in [0.15, 0.2) is 65.8 Å². The molecule has 1 aromatic heterocycles. The van der Waals surface area contributed by atoms with Crippen molar-refractivity contribution in [3.8, 4) is 5.69 Å². The summed E-state index contributed by atoms with van der Waals surface area (Å²) in [5, 5.41) is 4.33. The number of carbonyl (C=O) groups excluding carboxylic acids is 1. The van der Waals surface area contributed by atoms with Gasteiger partial charge in [-0.15, -0.1) is 0 Å². The second-order valence-electron chi connectivity index (χ2n) is 7.84. The molecule has 0 saturated carbocycles. The minimum atomic E-state index is -3.55. The van der Waals surface area contributed by atoms with Gasteiger partial charge in [0.25, 0.3) is 0 Å². The molecule has 2 aromatic carbocycles. The fourth-order valence-electron chi connectivity index (χ4n) is 3.66. The molecule has 1 amide bonds. The molecule has 0 bridgehead atoms. The van der Waals surface area contributed by atoms with Crippen LogP contribution in [-0.2, 0) is 21.2 Å². The van der Waals surface area contributed by atoms with Crippen LogP contribution in [0.4, 0.5) is 0 Å². The van der Waals surface area contributed by atoms with Crippen LogP contribution >= 0.6 is 0 Å². The number of carbonyl (C=O) groups is 1. The van der Waals surface area contributed by atoms with Crippen LogP contribution in [0.2, 0.25) is 0 Å². The maximum Gasteiger partial charge on any atom is 0.243 e. The van der Waals surface area contributed by atoms with Crippen LogP contribution < -0.4 is 0 Å². The predicted molar refractivity (Wildman–Crippen MR) is 119 cm³/mol. The van der Waals surface area contributed by atoms with Gasteiger partial charge in [-0.1, -0.05) is 24.3 Å². The second kappa shape index (κ2) is 8.64. The number of para-hydroxylation sites is 1. The average molecular weight is 439 g/mol. The molecule has 1 fully saturated rings. The lowest BCUT2D eigenvalue weighted by Crippen LogP contribution is -2.50. The van der Waals surface area contributed by atoms with Gasteiger partial charge in [-0.25, -0.2) is 13.1 Å². The normalized spacial score (nSPS) is 15.2. The summed E-state index contributed by atoms with van der Waals surface area (Å²) in [5.74, 6) is -0.0177. The molecule has 31 heavy (non-hydrogen) atoms. The van der Waals surface area contributed by atoms with E-state index in [9.17, 15) is 13.2 Å². The van der Waals surface area contributed by atoms with E-state index in [0.29, 0.717) is 31.1 Å². The van der Waals surface area contributed by atoms with Gasteiger partial charge in [0.15, 0.2) is 0 Å². The second-order valence-corrected chi connectivity index (χ2v) is 9.77. The molecule has 0 N–H and O–H groups in total. The van der Waals surface area contributed by atoms with Crippen molar-refractivity contribution < 1.29 is 13.2 Å². The maximum atomic E-state index is 13.0. The highest BCUT2D eigenvalue weighted by Crippen LogP contribution is 2.21. The van der Waals surface area contributed by atoms with Gasteiger partial charge in [-0.05, 0) is 54.8 Å². The highest BCUT2D eigenvalue weighted by Gasteiger charge is 2.30. The van der Waals surface area contributed by atoms with Gasteiger partial charge in [-0.2, -0.15) is 9.40 Å². The van der Waals surface area contributed by atoms with Crippen molar-refractivity contribution in [1.29, 1.82) is 0 Å². The van der Waals surface area contributed by atoms with E-state index in [1.165, 1.54) is 4.31 Å². The molecule has 1 aliphatic heterocycles. The van der Waals surface area contributed by atoms with E-state index in [1.54, 1.807) is 27.9 Å². The van der Waals surface area contributed by atoms with E-state index in [1.807, 2.05) is 56.4 Å². The molecular formula is C23H26N4O3S. The summed E-state index contributed by atoms with van der Waals surface area (Å²) in [6.45, 7) is 5.23. The summed E-state index contributed by atoms with van der Waals surface area (Å²) in [6, 6.07) is 14.9. The topological polar surface area (TPSA) is 75.5 Å². The lowest BCUT2D eigenvalue weighted by atomic mass is 10.1. The Bertz CT molecular complexity index is 1180. The number of amides is 1. The van der Waals surface area contributed by atoms with Crippen LogP contribution in [0.25, 0.3) is 5.69 Å². The Morgan fingerprint density at radius 3 is 2.35 bits per heavy atom. The molecule has 0 spiro atoms. The molecule has 0 unspecified atom stereocenters. The van der Waals surface area contributed by atoms with Crippen LogP contribution in [-0.4, -0.2) is 59.5 Å². The number of nitrogens with zero attached hydrogens (tertiary/aromatic N) is 4. The van der Waals surface area contributed by atoms with Crippen molar-refractivity contribution in [2.24, 2.45) is 0 Å².